The smallest absolute Gasteiger partial charge is 0.273 e. The van der Waals surface area contributed by atoms with Crippen LogP contribution in [0.15, 0.2) is 5.38 Å². The van der Waals surface area contributed by atoms with Crippen molar-refractivity contribution in [3.8, 4) is 0 Å². The zero-order chi connectivity index (χ0) is 13.9. The molecule has 0 saturated heterocycles. The van der Waals surface area contributed by atoms with Gasteiger partial charge in [-0.25, -0.2) is 4.98 Å². The Morgan fingerprint density at radius 1 is 1.45 bits per heavy atom. The molecular formula is C13H25Cl2N3OS. The van der Waals surface area contributed by atoms with E-state index in [0.29, 0.717) is 24.7 Å². The van der Waals surface area contributed by atoms with Gasteiger partial charge in [0.05, 0.1) is 5.01 Å². The Bertz CT molecular complexity index is 422. The zero-order valence-electron chi connectivity index (χ0n) is 12.7. The van der Waals surface area contributed by atoms with Gasteiger partial charge in [0, 0.05) is 24.9 Å². The zero-order valence-corrected chi connectivity index (χ0v) is 15.1. The maximum atomic E-state index is 12.2. The number of hydrogen-bond donors (Lipinski definition) is 1. The van der Waals surface area contributed by atoms with Gasteiger partial charge >= 0.3 is 0 Å². The van der Waals surface area contributed by atoms with Gasteiger partial charge in [0.2, 0.25) is 0 Å². The largest absolute Gasteiger partial charge is 0.340 e. The number of carbonyl (C=O) groups is 1. The molecule has 0 radical (unpaired) electrons. The first-order chi connectivity index (χ1) is 8.26. The van der Waals surface area contributed by atoms with E-state index >= 15 is 0 Å². The van der Waals surface area contributed by atoms with Gasteiger partial charge in [0.25, 0.3) is 5.91 Å². The van der Waals surface area contributed by atoms with Crippen LogP contribution < -0.4 is 5.73 Å². The summed E-state index contributed by atoms with van der Waals surface area (Å²) in [6.07, 6.45) is 0. The number of nitrogens with zero attached hydrogens (tertiary/aromatic N) is 2. The van der Waals surface area contributed by atoms with Crippen molar-refractivity contribution < 1.29 is 4.79 Å². The SMILES string of the molecule is CC(C)c1nc(C(=O)N(C)CC(C)(C)CN)cs1.Cl.Cl. The minimum Gasteiger partial charge on any atom is -0.340 e. The molecule has 1 aromatic heterocycles. The fourth-order valence-electron chi connectivity index (χ4n) is 1.62. The van der Waals surface area contributed by atoms with Crippen LogP contribution in [0.2, 0.25) is 0 Å². The Hall–Kier alpha value is -0.360. The minimum atomic E-state index is -0.0681. The molecule has 0 unspecified atom stereocenters. The highest BCUT2D eigenvalue weighted by molar-refractivity contribution is 7.09. The molecule has 1 rings (SSSR count). The average Bonchev–Trinajstić information content (AvgIpc) is 2.76. The highest BCUT2D eigenvalue weighted by Gasteiger charge is 2.23. The van der Waals surface area contributed by atoms with Crippen LogP contribution in [0.4, 0.5) is 0 Å². The summed E-state index contributed by atoms with van der Waals surface area (Å²) in [6.45, 7) is 9.45. The van der Waals surface area contributed by atoms with E-state index < -0.39 is 0 Å². The maximum absolute atomic E-state index is 12.2. The number of nitrogens with two attached hydrogens (primary N) is 1. The number of aromatic nitrogens is 1. The predicted molar refractivity (Wildman–Crippen MR) is 90.5 cm³/mol. The molecule has 20 heavy (non-hydrogen) atoms. The third-order valence-corrected chi connectivity index (χ3v) is 3.94. The number of hydrogen-bond acceptors (Lipinski definition) is 4. The van der Waals surface area contributed by atoms with Crippen LogP contribution in [0.3, 0.4) is 0 Å². The lowest BCUT2D eigenvalue weighted by atomic mass is 9.93. The first kappa shape index (κ1) is 21.9. The van der Waals surface area contributed by atoms with E-state index in [1.807, 2.05) is 5.38 Å². The summed E-state index contributed by atoms with van der Waals surface area (Å²) < 4.78 is 0. The molecule has 0 atom stereocenters. The van der Waals surface area contributed by atoms with Crippen LogP contribution in [0.5, 0.6) is 0 Å². The standard InChI is InChI=1S/C13H23N3OS.2ClH/c1-9(2)11-15-10(6-18-11)12(17)16(5)8-13(3,4)7-14;;/h6,9H,7-8,14H2,1-5H3;2*1H. The van der Waals surface area contributed by atoms with Crippen molar-refractivity contribution in [1.82, 2.24) is 9.88 Å². The lowest BCUT2D eigenvalue weighted by Gasteiger charge is -2.28. The van der Waals surface area contributed by atoms with Gasteiger partial charge in [-0.3, -0.25) is 4.79 Å². The molecule has 1 heterocycles. The second-order valence-electron chi connectivity index (χ2n) is 5.76. The van der Waals surface area contributed by atoms with Gasteiger partial charge in [-0.15, -0.1) is 36.2 Å². The first-order valence-corrected chi connectivity index (χ1v) is 7.06. The molecule has 0 aliphatic heterocycles. The number of rotatable bonds is 5. The van der Waals surface area contributed by atoms with E-state index in [2.05, 4.69) is 32.7 Å². The molecule has 0 aliphatic carbocycles. The lowest BCUT2D eigenvalue weighted by molar-refractivity contribution is 0.0735. The van der Waals surface area contributed by atoms with Crippen LogP contribution in [0.25, 0.3) is 0 Å². The summed E-state index contributed by atoms with van der Waals surface area (Å²) >= 11 is 1.54. The fraction of sp³-hybridized carbons (Fsp3) is 0.692. The Labute approximate surface area is 138 Å². The van der Waals surface area contributed by atoms with Gasteiger partial charge in [0.15, 0.2) is 0 Å². The molecule has 7 heteroatoms. The Morgan fingerprint density at radius 3 is 2.40 bits per heavy atom. The van der Waals surface area contributed by atoms with Gasteiger partial charge in [-0.1, -0.05) is 27.7 Å². The summed E-state index contributed by atoms with van der Waals surface area (Å²) in [4.78, 5) is 18.3. The molecule has 118 valence electrons. The molecule has 0 bridgehead atoms. The van der Waals surface area contributed by atoms with Gasteiger partial charge in [0.1, 0.15) is 5.69 Å². The molecule has 0 aliphatic rings. The summed E-state index contributed by atoms with van der Waals surface area (Å²) in [5, 5.41) is 2.84. The van der Waals surface area contributed by atoms with Crippen molar-refractivity contribution in [2.24, 2.45) is 11.1 Å². The van der Waals surface area contributed by atoms with Crippen molar-refractivity contribution in [3.63, 3.8) is 0 Å². The van der Waals surface area contributed by atoms with Gasteiger partial charge < -0.3 is 10.6 Å². The van der Waals surface area contributed by atoms with Crippen molar-refractivity contribution >= 4 is 42.1 Å². The van der Waals surface area contributed by atoms with Crippen LogP contribution in [0.1, 0.15) is 49.1 Å². The number of thiazole rings is 1. The Morgan fingerprint density at radius 2 is 2.00 bits per heavy atom. The molecule has 4 nitrogen and oxygen atoms in total. The highest BCUT2D eigenvalue weighted by Crippen LogP contribution is 2.21. The number of carbonyl (C=O) groups excluding carboxylic acids is 1. The molecule has 0 spiro atoms. The topological polar surface area (TPSA) is 59.2 Å². The monoisotopic (exact) mass is 341 g/mol. The summed E-state index contributed by atoms with van der Waals surface area (Å²) in [5.74, 6) is 0.335. The molecule has 1 aromatic rings. The van der Waals surface area contributed by atoms with Crippen LogP contribution >= 0.6 is 36.2 Å². The summed E-state index contributed by atoms with van der Waals surface area (Å²) in [6, 6.07) is 0. The third-order valence-electron chi connectivity index (χ3n) is 2.80. The number of halogens is 2. The highest BCUT2D eigenvalue weighted by atomic mass is 35.5. The predicted octanol–water partition coefficient (Wildman–Crippen LogP) is 3.17. The van der Waals surface area contributed by atoms with Gasteiger partial charge in [-0.05, 0) is 12.0 Å². The van der Waals surface area contributed by atoms with Crippen LogP contribution in [-0.4, -0.2) is 35.9 Å². The molecule has 1 amide bonds. The van der Waals surface area contributed by atoms with E-state index in [1.54, 1.807) is 23.3 Å². The van der Waals surface area contributed by atoms with Crippen molar-refractivity contribution in [3.05, 3.63) is 16.1 Å². The van der Waals surface area contributed by atoms with Crippen LogP contribution in [-0.2, 0) is 0 Å². The molecule has 0 fully saturated rings. The quantitative estimate of drug-likeness (QED) is 0.894. The Balaban J connectivity index is 0. The van der Waals surface area contributed by atoms with Crippen LogP contribution in [0, 0.1) is 5.41 Å². The third kappa shape index (κ3) is 5.95. The Kier molecular flexibility index (Phi) is 9.67. The lowest BCUT2D eigenvalue weighted by Crippen LogP contribution is -2.39. The van der Waals surface area contributed by atoms with E-state index in [9.17, 15) is 4.79 Å². The van der Waals surface area contributed by atoms with E-state index in [4.69, 9.17) is 5.73 Å². The second kappa shape index (κ2) is 8.82. The molecule has 0 saturated carbocycles. The maximum Gasteiger partial charge on any atom is 0.273 e. The molecular weight excluding hydrogens is 317 g/mol. The normalized spacial score (nSPS) is 10.8. The first-order valence-electron chi connectivity index (χ1n) is 6.18. The molecule has 0 aromatic carbocycles. The summed E-state index contributed by atoms with van der Waals surface area (Å²) in [7, 11) is 1.80. The molecule has 2 N–H and O–H groups in total. The van der Waals surface area contributed by atoms with Crippen molar-refractivity contribution in [1.29, 1.82) is 0 Å². The summed E-state index contributed by atoms with van der Waals surface area (Å²) in [5.41, 5.74) is 6.16. The fourth-order valence-corrected chi connectivity index (χ4v) is 2.43. The number of amides is 1. The van der Waals surface area contributed by atoms with Crippen molar-refractivity contribution in [2.45, 2.75) is 33.6 Å². The van der Waals surface area contributed by atoms with E-state index in [1.165, 1.54) is 0 Å². The van der Waals surface area contributed by atoms with E-state index in [-0.39, 0.29) is 36.1 Å². The second-order valence-corrected chi connectivity index (χ2v) is 6.64. The van der Waals surface area contributed by atoms with Crippen molar-refractivity contribution in [2.75, 3.05) is 20.1 Å². The average molecular weight is 342 g/mol. The minimum absolute atomic E-state index is 0. The van der Waals surface area contributed by atoms with E-state index in [0.717, 1.165) is 5.01 Å². The van der Waals surface area contributed by atoms with Gasteiger partial charge in [-0.2, -0.15) is 0 Å².